The van der Waals surface area contributed by atoms with E-state index in [1.165, 1.54) is 18.5 Å². The molecule has 0 aliphatic carbocycles. The van der Waals surface area contributed by atoms with Crippen LogP contribution in [0.25, 0.3) is 0 Å². The molecule has 2 unspecified atom stereocenters. The van der Waals surface area contributed by atoms with Crippen molar-refractivity contribution in [2.75, 3.05) is 24.6 Å². The second-order valence-corrected chi connectivity index (χ2v) is 5.37. The summed E-state index contributed by atoms with van der Waals surface area (Å²) in [6, 6.07) is 8.77. The summed E-state index contributed by atoms with van der Waals surface area (Å²) in [6.07, 6.45) is 3.54. The molecule has 3 heteroatoms. The van der Waals surface area contributed by atoms with Gasteiger partial charge in [0.05, 0.1) is 6.61 Å². The Bertz CT molecular complexity index is 377. The van der Waals surface area contributed by atoms with Crippen LogP contribution in [0.4, 0.5) is 5.69 Å². The average molecular weight is 262 g/mol. The first-order valence-electron chi connectivity index (χ1n) is 7.48. The van der Waals surface area contributed by atoms with Crippen LogP contribution in [0.15, 0.2) is 24.3 Å². The van der Waals surface area contributed by atoms with Gasteiger partial charge in [0.1, 0.15) is 5.75 Å². The van der Waals surface area contributed by atoms with E-state index in [1.807, 2.05) is 6.92 Å². The summed E-state index contributed by atoms with van der Waals surface area (Å²) >= 11 is 0. The van der Waals surface area contributed by atoms with Gasteiger partial charge < -0.3 is 15.4 Å². The SMILES string of the molecule is CCCC(N)C1CCN(c2ccc(OCC)cc2)C1. The lowest BCUT2D eigenvalue weighted by Gasteiger charge is -2.21. The smallest absolute Gasteiger partial charge is 0.119 e. The van der Waals surface area contributed by atoms with Crippen LogP contribution in [-0.2, 0) is 0 Å². The van der Waals surface area contributed by atoms with E-state index in [2.05, 4.69) is 36.1 Å². The van der Waals surface area contributed by atoms with Crippen molar-refractivity contribution in [1.82, 2.24) is 0 Å². The van der Waals surface area contributed by atoms with Gasteiger partial charge in [-0.1, -0.05) is 13.3 Å². The Morgan fingerprint density at radius 1 is 1.32 bits per heavy atom. The molecule has 1 aliphatic rings. The number of hydrogen-bond donors (Lipinski definition) is 1. The minimum absolute atomic E-state index is 0.359. The molecule has 1 saturated heterocycles. The molecule has 0 aromatic heterocycles. The summed E-state index contributed by atoms with van der Waals surface area (Å²) in [5.41, 5.74) is 7.53. The zero-order chi connectivity index (χ0) is 13.7. The van der Waals surface area contributed by atoms with Crippen LogP contribution in [0.3, 0.4) is 0 Å². The van der Waals surface area contributed by atoms with E-state index in [0.29, 0.717) is 12.0 Å². The Kier molecular flexibility index (Phi) is 5.08. The van der Waals surface area contributed by atoms with Crippen LogP contribution in [0.2, 0.25) is 0 Å². The van der Waals surface area contributed by atoms with Gasteiger partial charge in [-0.25, -0.2) is 0 Å². The maximum Gasteiger partial charge on any atom is 0.119 e. The first-order chi connectivity index (χ1) is 9.24. The predicted molar refractivity (Wildman–Crippen MR) is 80.8 cm³/mol. The van der Waals surface area contributed by atoms with Gasteiger partial charge in [0, 0.05) is 24.8 Å². The van der Waals surface area contributed by atoms with E-state index >= 15 is 0 Å². The molecule has 2 atom stereocenters. The Balaban J connectivity index is 1.93. The molecule has 1 aliphatic heterocycles. The van der Waals surface area contributed by atoms with E-state index in [4.69, 9.17) is 10.5 Å². The number of ether oxygens (including phenoxy) is 1. The number of hydrogen-bond acceptors (Lipinski definition) is 3. The van der Waals surface area contributed by atoms with Crippen molar-refractivity contribution >= 4 is 5.69 Å². The average Bonchev–Trinajstić information content (AvgIpc) is 2.90. The van der Waals surface area contributed by atoms with Crippen LogP contribution < -0.4 is 15.4 Å². The fourth-order valence-corrected chi connectivity index (χ4v) is 2.86. The number of nitrogens with two attached hydrogens (primary N) is 1. The third kappa shape index (κ3) is 3.63. The summed E-state index contributed by atoms with van der Waals surface area (Å²) in [6.45, 7) is 7.15. The van der Waals surface area contributed by atoms with Gasteiger partial charge in [0.2, 0.25) is 0 Å². The van der Waals surface area contributed by atoms with E-state index in [9.17, 15) is 0 Å². The number of anilines is 1. The summed E-state index contributed by atoms with van der Waals surface area (Å²) in [5.74, 6) is 1.59. The van der Waals surface area contributed by atoms with Crippen molar-refractivity contribution < 1.29 is 4.74 Å². The van der Waals surface area contributed by atoms with Crippen molar-refractivity contribution in [3.05, 3.63) is 24.3 Å². The molecule has 3 nitrogen and oxygen atoms in total. The van der Waals surface area contributed by atoms with Gasteiger partial charge in [-0.05, 0) is 49.9 Å². The third-order valence-corrected chi connectivity index (χ3v) is 3.97. The minimum atomic E-state index is 0.359. The molecule has 106 valence electrons. The monoisotopic (exact) mass is 262 g/mol. The topological polar surface area (TPSA) is 38.5 Å². The maximum absolute atomic E-state index is 6.25. The molecular weight excluding hydrogens is 236 g/mol. The lowest BCUT2D eigenvalue weighted by molar-refractivity contribution is 0.340. The van der Waals surface area contributed by atoms with Crippen LogP contribution in [-0.4, -0.2) is 25.7 Å². The fraction of sp³-hybridized carbons (Fsp3) is 0.625. The highest BCUT2D eigenvalue weighted by Gasteiger charge is 2.26. The van der Waals surface area contributed by atoms with Crippen molar-refractivity contribution in [3.63, 3.8) is 0 Å². The quantitative estimate of drug-likeness (QED) is 0.856. The van der Waals surface area contributed by atoms with E-state index < -0.39 is 0 Å². The zero-order valence-corrected chi connectivity index (χ0v) is 12.1. The molecule has 0 bridgehead atoms. The highest BCUT2D eigenvalue weighted by atomic mass is 16.5. The largest absolute Gasteiger partial charge is 0.494 e. The number of nitrogens with zero attached hydrogens (tertiary/aromatic N) is 1. The van der Waals surface area contributed by atoms with Crippen LogP contribution in [0.1, 0.15) is 33.1 Å². The molecule has 1 heterocycles. The summed E-state index contributed by atoms with van der Waals surface area (Å²) in [4.78, 5) is 2.44. The Hall–Kier alpha value is -1.22. The Labute approximate surface area is 116 Å². The fourth-order valence-electron chi connectivity index (χ4n) is 2.86. The predicted octanol–water partition coefficient (Wildman–Crippen LogP) is 3.04. The van der Waals surface area contributed by atoms with Crippen molar-refractivity contribution in [1.29, 1.82) is 0 Å². The first-order valence-corrected chi connectivity index (χ1v) is 7.48. The van der Waals surface area contributed by atoms with E-state index in [1.54, 1.807) is 0 Å². The van der Waals surface area contributed by atoms with Crippen molar-refractivity contribution in [2.45, 2.75) is 39.2 Å². The standard InChI is InChI=1S/C16H26N2O/c1-3-5-16(17)13-10-11-18(12-13)14-6-8-15(9-7-14)19-4-2/h6-9,13,16H,3-5,10-12,17H2,1-2H3. The molecule has 0 radical (unpaired) electrons. The molecule has 2 rings (SSSR count). The molecule has 0 spiro atoms. The van der Waals surface area contributed by atoms with Gasteiger partial charge in [-0.3, -0.25) is 0 Å². The molecule has 1 aromatic carbocycles. The molecule has 1 aromatic rings. The van der Waals surface area contributed by atoms with Gasteiger partial charge in [-0.15, -0.1) is 0 Å². The normalized spacial score (nSPS) is 20.6. The molecule has 19 heavy (non-hydrogen) atoms. The Morgan fingerprint density at radius 3 is 2.68 bits per heavy atom. The van der Waals surface area contributed by atoms with Gasteiger partial charge in [0.25, 0.3) is 0 Å². The van der Waals surface area contributed by atoms with E-state index in [0.717, 1.165) is 31.9 Å². The van der Waals surface area contributed by atoms with Crippen LogP contribution >= 0.6 is 0 Å². The van der Waals surface area contributed by atoms with Crippen LogP contribution in [0.5, 0.6) is 5.75 Å². The zero-order valence-electron chi connectivity index (χ0n) is 12.1. The van der Waals surface area contributed by atoms with Gasteiger partial charge >= 0.3 is 0 Å². The minimum Gasteiger partial charge on any atom is -0.494 e. The van der Waals surface area contributed by atoms with Crippen LogP contribution in [0, 0.1) is 5.92 Å². The summed E-state index contributed by atoms with van der Waals surface area (Å²) in [7, 11) is 0. The highest BCUT2D eigenvalue weighted by Crippen LogP contribution is 2.27. The molecule has 0 saturated carbocycles. The van der Waals surface area contributed by atoms with Gasteiger partial charge in [-0.2, -0.15) is 0 Å². The Morgan fingerprint density at radius 2 is 2.05 bits per heavy atom. The molecule has 1 fully saturated rings. The van der Waals surface area contributed by atoms with Crippen molar-refractivity contribution in [3.8, 4) is 5.75 Å². The van der Waals surface area contributed by atoms with Gasteiger partial charge in [0.15, 0.2) is 0 Å². The highest BCUT2D eigenvalue weighted by molar-refractivity contribution is 5.50. The summed E-state index contributed by atoms with van der Waals surface area (Å²) in [5, 5.41) is 0. The third-order valence-electron chi connectivity index (χ3n) is 3.97. The second kappa shape index (κ2) is 6.80. The van der Waals surface area contributed by atoms with Crippen molar-refractivity contribution in [2.24, 2.45) is 11.7 Å². The molecule has 0 amide bonds. The van der Waals surface area contributed by atoms with E-state index in [-0.39, 0.29) is 0 Å². The second-order valence-electron chi connectivity index (χ2n) is 5.37. The first kappa shape index (κ1) is 14.2. The lowest BCUT2D eigenvalue weighted by atomic mass is 9.96. The molecule has 2 N–H and O–H groups in total. The maximum atomic E-state index is 6.25. The number of rotatable bonds is 6. The number of benzene rings is 1. The summed E-state index contributed by atoms with van der Waals surface area (Å²) < 4.78 is 5.48. The lowest BCUT2D eigenvalue weighted by Crippen LogP contribution is -2.32. The molecular formula is C16H26N2O.